The highest BCUT2D eigenvalue weighted by molar-refractivity contribution is 5.71. The maximum Gasteiger partial charge on any atom is 0.308 e. The summed E-state index contributed by atoms with van der Waals surface area (Å²) in [5.74, 6) is -0.493. The van der Waals surface area contributed by atoms with Crippen LogP contribution in [0.1, 0.15) is 5.56 Å². The lowest BCUT2D eigenvalue weighted by atomic mass is 9.99. The fourth-order valence-corrected chi connectivity index (χ4v) is 1.50. The van der Waals surface area contributed by atoms with Gasteiger partial charge in [0, 0.05) is 6.54 Å². The van der Waals surface area contributed by atoms with Crippen LogP contribution in [0.25, 0.3) is 0 Å². The Morgan fingerprint density at radius 3 is 3.07 bits per heavy atom. The molecule has 0 aliphatic carbocycles. The molecule has 0 saturated heterocycles. The second-order valence-corrected chi connectivity index (χ2v) is 3.30. The molecule has 4 heteroatoms. The van der Waals surface area contributed by atoms with Crippen molar-refractivity contribution in [2.45, 2.75) is 6.42 Å². The first-order chi connectivity index (χ1) is 6.77. The van der Waals surface area contributed by atoms with Crippen LogP contribution in [0, 0.1) is 5.92 Å². The van der Waals surface area contributed by atoms with Gasteiger partial charge in [-0.3, -0.25) is 4.79 Å². The van der Waals surface area contributed by atoms with E-state index in [9.17, 15) is 4.79 Å². The number of hydrogen-bond acceptors (Lipinski definition) is 3. The smallest absolute Gasteiger partial charge is 0.308 e. The minimum absolute atomic E-state index is 0.337. The predicted octanol–water partition coefficient (Wildman–Crippen LogP) is 0.827. The Labute approximate surface area is 81.5 Å². The minimum Gasteiger partial charge on any atom is -0.481 e. The Kier molecular flexibility index (Phi) is 2.37. The second-order valence-electron chi connectivity index (χ2n) is 3.30. The topological polar surface area (TPSA) is 58.6 Å². The van der Waals surface area contributed by atoms with Gasteiger partial charge in [0.15, 0.2) is 0 Å². The molecule has 0 radical (unpaired) electrons. The largest absolute Gasteiger partial charge is 0.481 e. The number of nitrogens with one attached hydrogen (secondary N) is 1. The zero-order valence-corrected chi connectivity index (χ0v) is 7.56. The lowest BCUT2D eigenvalue weighted by Gasteiger charge is -2.06. The summed E-state index contributed by atoms with van der Waals surface area (Å²) in [7, 11) is 0. The van der Waals surface area contributed by atoms with Crippen LogP contribution in [0.15, 0.2) is 24.3 Å². The number of aliphatic carboxylic acids is 1. The van der Waals surface area contributed by atoms with Crippen molar-refractivity contribution in [2.75, 3.05) is 6.54 Å². The zero-order chi connectivity index (χ0) is 9.97. The standard InChI is InChI=1S/C10H11NO3/c12-10(13)8-5-7-3-1-2-4-9(7)14-11-6-8/h1-4,8,11H,5-6H2,(H,12,13). The Hall–Kier alpha value is -1.55. The summed E-state index contributed by atoms with van der Waals surface area (Å²) in [6, 6.07) is 7.46. The highest BCUT2D eigenvalue weighted by atomic mass is 16.6. The van der Waals surface area contributed by atoms with E-state index in [1.807, 2.05) is 24.3 Å². The highest BCUT2D eigenvalue weighted by Gasteiger charge is 2.22. The molecular formula is C10H11NO3. The molecule has 0 bridgehead atoms. The third-order valence-electron chi connectivity index (χ3n) is 2.30. The first-order valence-corrected chi connectivity index (χ1v) is 4.48. The van der Waals surface area contributed by atoms with E-state index in [2.05, 4.69) is 5.48 Å². The fraction of sp³-hybridized carbons (Fsp3) is 0.300. The molecular weight excluding hydrogens is 182 g/mol. The molecule has 4 nitrogen and oxygen atoms in total. The average Bonchev–Trinajstić information content (AvgIpc) is 2.39. The van der Waals surface area contributed by atoms with Gasteiger partial charge in [-0.15, -0.1) is 0 Å². The van der Waals surface area contributed by atoms with E-state index in [1.54, 1.807) is 0 Å². The minimum atomic E-state index is -0.794. The van der Waals surface area contributed by atoms with E-state index >= 15 is 0 Å². The molecule has 0 amide bonds. The molecule has 74 valence electrons. The molecule has 1 aliphatic rings. The van der Waals surface area contributed by atoms with E-state index in [0.29, 0.717) is 13.0 Å². The van der Waals surface area contributed by atoms with Gasteiger partial charge in [-0.2, -0.15) is 5.48 Å². The lowest BCUT2D eigenvalue weighted by molar-refractivity contribution is -0.141. The molecule has 1 aromatic carbocycles. The number of benzene rings is 1. The predicted molar refractivity (Wildman–Crippen MR) is 49.9 cm³/mol. The monoisotopic (exact) mass is 193 g/mol. The van der Waals surface area contributed by atoms with Crippen molar-refractivity contribution >= 4 is 5.97 Å². The molecule has 0 aromatic heterocycles. The van der Waals surface area contributed by atoms with Crippen molar-refractivity contribution in [3.05, 3.63) is 29.8 Å². The van der Waals surface area contributed by atoms with Crippen molar-refractivity contribution in [3.63, 3.8) is 0 Å². The summed E-state index contributed by atoms with van der Waals surface area (Å²) in [5, 5.41) is 8.89. The maximum atomic E-state index is 10.8. The average molecular weight is 193 g/mol. The van der Waals surface area contributed by atoms with Gasteiger partial charge < -0.3 is 9.94 Å². The zero-order valence-electron chi connectivity index (χ0n) is 7.56. The Morgan fingerprint density at radius 2 is 2.29 bits per heavy atom. The van der Waals surface area contributed by atoms with Gasteiger partial charge in [-0.05, 0) is 18.1 Å². The molecule has 1 aliphatic heterocycles. The fourth-order valence-electron chi connectivity index (χ4n) is 1.50. The van der Waals surface area contributed by atoms with Crippen LogP contribution in [0.3, 0.4) is 0 Å². The van der Waals surface area contributed by atoms with Crippen molar-refractivity contribution in [3.8, 4) is 5.75 Å². The number of hydroxylamine groups is 1. The second kappa shape index (κ2) is 3.67. The summed E-state index contributed by atoms with van der Waals surface area (Å²) in [6.07, 6.45) is 0.512. The molecule has 1 unspecified atom stereocenters. The number of carbonyl (C=O) groups is 1. The molecule has 0 fully saturated rings. The maximum absolute atomic E-state index is 10.8. The SMILES string of the molecule is O=C(O)C1CNOc2ccccc2C1. The van der Waals surface area contributed by atoms with Crippen LogP contribution in [0.4, 0.5) is 0 Å². The number of rotatable bonds is 1. The van der Waals surface area contributed by atoms with Gasteiger partial charge in [-0.1, -0.05) is 18.2 Å². The summed E-state index contributed by atoms with van der Waals surface area (Å²) < 4.78 is 0. The number of para-hydroxylation sites is 1. The summed E-state index contributed by atoms with van der Waals surface area (Å²) in [4.78, 5) is 16.0. The molecule has 0 saturated carbocycles. The van der Waals surface area contributed by atoms with E-state index in [0.717, 1.165) is 11.3 Å². The van der Waals surface area contributed by atoms with Crippen molar-refractivity contribution in [2.24, 2.45) is 5.92 Å². The summed E-state index contributed by atoms with van der Waals surface area (Å²) in [5.41, 5.74) is 3.59. The highest BCUT2D eigenvalue weighted by Crippen LogP contribution is 2.22. The van der Waals surface area contributed by atoms with E-state index in [4.69, 9.17) is 9.94 Å². The van der Waals surface area contributed by atoms with Gasteiger partial charge in [0.25, 0.3) is 0 Å². The van der Waals surface area contributed by atoms with Gasteiger partial charge in [0.05, 0.1) is 5.92 Å². The van der Waals surface area contributed by atoms with Crippen LogP contribution in [-0.4, -0.2) is 17.6 Å². The van der Waals surface area contributed by atoms with Gasteiger partial charge in [-0.25, -0.2) is 0 Å². The van der Waals surface area contributed by atoms with Crippen LogP contribution < -0.4 is 10.3 Å². The number of carboxylic acid groups (broad SMARTS) is 1. The molecule has 2 rings (SSSR count). The van der Waals surface area contributed by atoms with Crippen molar-refractivity contribution in [1.29, 1.82) is 0 Å². The number of hydrogen-bond donors (Lipinski definition) is 2. The van der Waals surface area contributed by atoms with E-state index in [1.165, 1.54) is 0 Å². The summed E-state index contributed by atoms with van der Waals surface area (Å²) in [6.45, 7) is 0.337. The van der Waals surface area contributed by atoms with Crippen LogP contribution >= 0.6 is 0 Å². The molecule has 14 heavy (non-hydrogen) atoms. The molecule has 0 spiro atoms. The third-order valence-corrected chi connectivity index (χ3v) is 2.30. The van der Waals surface area contributed by atoms with E-state index < -0.39 is 11.9 Å². The Bertz CT molecular complexity index is 351. The number of fused-ring (bicyclic) bond motifs is 1. The van der Waals surface area contributed by atoms with Crippen molar-refractivity contribution in [1.82, 2.24) is 5.48 Å². The van der Waals surface area contributed by atoms with Gasteiger partial charge in [0.1, 0.15) is 5.75 Å². The molecule has 1 atom stereocenters. The normalized spacial score (nSPS) is 20.4. The number of carboxylic acids is 1. The Balaban J connectivity index is 2.26. The molecule has 1 aromatic rings. The van der Waals surface area contributed by atoms with Gasteiger partial charge in [0.2, 0.25) is 0 Å². The molecule has 2 N–H and O–H groups in total. The third kappa shape index (κ3) is 1.70. The van der Waals surface area contributed by atoms with Crippen molar-refractivity contribution < 1.29 is 14.7 Å². The molecule has 1 heterocycles. The van der Waals surface area contributed by atoms with Crippen LogP contribution in [0.2, 0.25) is 0 Å². The first kappa shape index (κ1) is 9.02. The summed E-state index contributed by atoms with van der Waals surface area (Å²) >= 11 is 0. The lowest BCUT2D eigenvalue weighted by Crippen LogP contribution is -2.29. The first-order valence-electron chi connectivity index (χ1n) is 4.48. The quantitative estimate of drug-likeness (QED) is 0.693. The Morgan fingerprint density at radius 1 is 1.50 bits per heavy atom. The van der Waals surface area contributed by atoms with Crippen LogP contribution in [0.5, 0.6) is 5.75 Å². The van der Waals surface area contributed by atoms with E-state index in [-0.39, 0.29) is 0 Å². The van der Waals surface area contributed by atoms with Crippen LogP contribution in [-0.2, 0) is 11.2 Å². The van der Waals surface area contributed by atoms with Gasteiger partial charge >= 0.3 is 5.97 Å².